The van der Waals surface area contributed by atoms with Crippen LogP contribution in [0.5, 0.6) is 0 Å². The molecule has 1 aromatic heterocycles. The van der Waals surface area contributed by atoms with E-state index in [2.05, 4.69) is 10.2 Å². The number of nitrogens with one attached hydrogen (secondary N) is 1. The fraction of sp³-hybridized carbons (Fsp3) is 0.211. The molecular weight excluding hydrogens is 391 g/mol. The van der Waals surface area contributed by atoms with Gasteiger partial charge in [0.1, 0.15) is 4.88 Å². The molecule has 0 radical (unpaired) electrons. The maximum absolute atomic E-state index is 12.6. The van der Waals surface area contributed by atoms with Gasteiger partial charge in [0.05, 0.1) is 28.9 Å². The maximum atomic E-state index is 12.6. The van der Waals surface area contributed by atoms with E-state index in [1.54, 1.807) is 6.07 Å². The highest BCUT2D eigenvalue weighted by Gasteiger charge is 2.18. The van der Waals surface area contributed by atoms with Gasteiger partial charge in [0.2, 0.25) is 0 Å². The number of amides is 1. The quantitative estimate of drug-likeness (QED) is 0.641. The molecule has 0 aliphatic carbocycles. The molecule has 1 N–H and O–H groups in total. The first-order valence-corrected chi connectivity index (χ1v) is 9.81. The third kappa shape index (κ3) is 3.40. The fourth-order valence-electron chi connectivity index (χ4n) is 2.99. The minimum Gasteiger partial charge on any atom is -0.378 e. The lowest BCUT2D eigenvalue weighted by atomic mass is 10.2. The molecule has 0 bridgehead atoms. The van der Waals surface area contributed by atoms with Crippen LogP contribution >= 0.6 is 34.5 Å². The fourth-order valence-corrected chi connectivity index (χ4v) is 4.71. The first-order chi connectivity index (χ1) is 12.6. The van der Waals surface area contributed by atoms with E-state index >= 15 is 0 Å². The van der Waals surface area contributed by atoms with Gasteiger partial charge in [-0.2, -0.15) is 0 Å². The van der Waals surface area contributed by atoms with E-state index in [9.17, 15) is 4.79 Å². The highest BCUT2D eigenvalue weighted by atomic mass is 35.5. The second kappa shape index (κ2) is 7.45. The number of hydrogen-bond acceptors (Lipinski definition) is 4. The Hall–Kier alpha value is -1.79. The molecule has 0 unspecified atom stereocenters. The number of carbonyl (C=O) groups excluding carboxylic acids is 1. The first-order valence-electron chi connectivity index (χ1n) is 8.24. The van der Waals surface area contributed by atoms with Crippen LogP contribution in [0.15, 0.2) is 42.5 Å². The van der Waals surface area contributed by atoms with Crippen LogP contribution in [0.25, 0.3) is 10.1 Å². The molecule has 26 heavy (non-hydrogen) atoms. The zero-order valence-corrected chi connectivity index (χ0v) is 16.1. The van der Waals surface area contributed by atoms with Crippen LogP contribution in [-0.4, -0.2) is 32.2 Å². The summed E-state index contributed by atoms with van der Waals surface area (Å²) < 4.78 is 6.36. The predicted octanol–water partition coefficient (Wildman–Crippen LogP) is 5.30. The Balaban J connectivity index is 1.55. The van der Waals surface area contributed by atoms with Gasteiger partial charge in [-0.1, -0.05) is 41.4 Å². The number of fused-ring (bicyclic) bond motifs is 1. The summed E-state index contributed by atoms with van der Waals surface area (Å²) in [6, 6.07) is 13.3. The highest BCUT2D eigenvalue weighted by Crippen LogP contribution is 2.36. The van der Waals surface area contributed by atoms with Gasteiger partial charge in [0, 0.05) is 28.9 Å². The smallest absolute Gasteiger partial charge is 0.267 e. The van der Waals surface area contributed by atoms with Gasteiger partial charge in [0.25, 0.3) is 5.91 Å². The number of hydrogen-bond donors (Lipinski definition) is 1. The largest absolute Gasteiger partial charge is 0.378 e. The summed E-state index contributed by atoms with van der Waals surface area (Å²) in [6.45, 7) is 3.00. The summed E-state index contributed by atoms with van der Waals surface area (Å²) in [5, 5.41) is 4.87. The standard InChI is InChI=1S/C19H16Cl2N2O2S/c20-14-11-12(5-6-15(14)23-7-9-25-10-8-23)22-19(24)18-17(21)13-3-1-2-4-16(13)26-18/h1-6,11H,7-10H2,(H,22,24). The van der Waals surface area contributed by atoms with E-state index in [0.29, 0.717) is 33.8 Å². The molecule has 134 valence electrons. The predicted molar refractivity (Wildman–Crippen MR) is 109 cm³/mol. The van der Waals surface area contributed by atoms with E-state index < -0.39 is 0 Å². The molecular formula is C19H16Cl2N2O2S. The molecule has 1 aliphatic rings. The summed E-state index contributed by atoms with van der Waals surface area (Å²) in [5.41, 5.74) is 1.60. The van der Waals surface area contributed by atoms with Crippen LogP contribution < -0.4 is 10.2 Å². The Labute approximate surface area is 165 Å². The average Bonchev–Trinajstić information content (AvgIpc) is 3.00. The normalized spacial score (nSPS) is 14.6. The minimum atomic E-state index is -0.230. The van der Waals surface area contributed by atoms with E-state index in [4.69, 9.17) is 27.9 Å². The number of thiophene rings is 1. The molecule has 1 aliphatic heterocycles. The third-order valence-electron chi connectivity index (χ3n) is 4.30. The van der Waals surface area contributed by atoms with Crippen molar-refractivity contribution in [1.82, 2.24) is 0 Å². The van der Waals surface area contributed by atoms with Crippen LogP contribution in [0.4, 0.5) is 11.4 Å². The van der Waals surface area contributed by atoms with Gasteiger partial charge in [-0.05, 0) is 24.3 Å². The Morgan fingerprint density at radius 1 is 1.12 bits per heavy atom. The zero-order valence-electron chi connectivity index (χ0n) is 13.8. The Kier molecular flexibility index (Phi) is 5.05. The van der Waals surface area contributed by atoms with E-state index in [1.807, 2.05) is 36.4 Å². The molecule has 2 heterocycles. The Morgan fingerprint density at radius 3 is 2.62 bits per heavy atom. The molecule has 0 saturated carbocycles. The second-order valence-corrected chi connectivity index (χ2v) is 7.80. The Bertz CT molecular complexity index is 967. The van der Waals surface area contributed by atoms with Crippen molar-refractivity contribution in [2.24, 2.45) is 0 Å². The van der Waals surface area contributed by atoms with Crippen molar-refractivity contribution in [2.45, 2.75) is 0 Å². The van der Waals surface area contributed by atoms with E-state index in [1.165, 1.54) is 11.3 Å². The van der Waals surface area contributed by atoms with Crippen molar-refractivity contribution >= 4 is 61.9 Å². The lowest BCUT2D eigenvalue weighted by Gasteiger charge is -2.29. The number of ether oxygens (including phenoxy) is 1. The summed E-state index contributed by atoms with van der Waals surface area (Å²) in [5.74, 6) is -0.230. The molecule has 3 aromatic rings. The molecule has 0 atom stereocenters. The first kappa shape index (κ1) is 17.6. The van der Waals surface area contributed by atoms with Gasteiger partial charge in [-0.15, -0.1) is 11.3 Å². The molecule has 7 heteroatoms. The van der Waals surface area contributed by atoms with Crippen LogP contribution in [0, 0.1) is 0 Å². The van der Waals surface area contributed by atoms with Crippen LogP contribution in [0.1, 0.15) is 9.67 Å². The van der Waals surface area contributed by atoms with Crippen molar-refractivity contribution in [3.63, 3.8) is 0 Å². The zero-order chi connectivity index (χ0) is 18.1. The Morgan fingerprint density at radius 2 is 1.88 bits per heavy atom. The van der Waals surface area contributed by atoms with Crippen molar-refractivity contribution in [3.05, 3.63) is 57.4 Å². The van der Waals surface area contributed by atoms with Crippen LogP contribution in [0.2, 0.25) is 10.0 Å². The maximum Gasteiger partial charge on any atom is 0.267 e. The van der Waals surface area contributed by atoms with Gasteiger partial charge in [-0.3, -0.25) is 4.79 Å². The topological polar surface area (TPSA) is 41.6 Å². The molecule has 4 nitrogen and oxygen atoms in total. The summed E-state index contributed by atoms with van der Waals surface area (Å²) in [7, 11) is 0. The van der Waals surface area contributed by atoms with Gasteiger partial charge in [0.15, 0.2) is 0 Å². The van der Waals surface area contributed by atoms with Crippen molar-refractivity contribution < 1.29 is 9.53 Å². The minimum absolute atomic E-state index is 0.230. The van der Waals surface area contributed by atoms with E-state index in [-0.39, 0.29) is 5.91 Å². The number of nitrogens with zero attached hydrogens (tertiary/aromatic N) is 1. The summed E-state index contributed by atoms with van der Waals surface area (Å²) in [6.07, 6.45) is 0. The van der Waals surface area contributed by atoms with Crippen LogP contribution in [0.3, 0.4) is 0 Å². The van der Waals surface area contributed by atoms with Gasteiger partial charge in [-0.25, -0.2) is 0 Å². The number of morpholine rings is 1. The molecule has 0 spiro atoms. The molecule has 1 fully saturated rings. The lowest BCUT2D eigenvalue weighted by molar-refractivity contribution is 0.103. The number of halogens is 2. The number of anilines is 2. The van der Waals surface area contributed by atoms with Crippen molar-refractivity contribution in [1.29, 1.82) is 0 Å². The average molecular weight is 407 g/mol. The van der Waals surface area contributed by atoms with Gasteiger partial charge < -0.3 is 15.0 Å². The molecule has 4 rings (SSSR count). The van der Waals surface area contributed by atoms with Crippen LogP contribution in [-0.2, 0) is 4.74 Å². The molecule has 1 amide bonds. The monoisotopic (exact) mass is 406 g/mol. The molecule has 1 saturated heterocycles. The summed E-state index contributed by atoms with van der Waals surface area (Å²) >= 11 is 14.2. The van der Waals surface area contributed by atoms with Crippen molar-refractivity contribution in [2.75, 3.05) is 36.5 Å². The number of carbonyl (C=O) groups is 1. The summed E-state index contributed by atoms with van der Waals surface area (Å²) in [4.78, 5) is 15.3. The highest BCUT2D eigenvalue weighted by molar-refractivity contribution is 7.21. The molecule has 2 aromatic carbocycles. The van der Waals surface area contributed by atoms with E-state index in [0.717, 1.165) is 28.9 Å². The lowest BCUT2D eigenvalue weighted by Crippen LogP contribution is -2.36. The second-order valence-electron chi connectivity index (χ2n) is 5.96. The number of rotatable bonds is 3. The number of benzene rings is 2. The van der Waals surface area contributed by atoms with Crippen molar-refractivity contribution in [3.8, 4) is 0 Å². The van der Waals surface area contributed by atoms with Gasteiger partial charge >= 0.3 is 0 Å². The third-order valence-corrected chi connectivity index (χ3v) is 6.28. The SMILES string of the molecule is O=C(Nc1ccc(N2CCOCC2)c(Cl)c1)c1sc2ccccc2c1Cl.